The summed E-state index contributed by atoms with van der Waals surface area (Å²) in [5, 5.41) is 23.0. The quantitative estimate of drug-likeness (QED) is 0.339. The van der Waals surface area contributed by atoms with Crippen LogP contribution in [0, 0.1) is 12.8 Å². The van der Waals surface area contributed by atoms with Crippen molar-refractivity contribution in [2.45, 2.75) is 44.9 Å². The van der Waals surface area contributed by atoms with Crippen LogP contribution < -0.4 is 15.5 Å². The summed E-state index contributed by atoms with van der Waals surface area (Å²) in [6.45, 7) is 2.31. The first-order valence-electron chi connectivity index (χ1n) is 11.0. The average Bonchev–Trinajstić information content (AvgIpc) is 2.83. The van der Waals surface area contributed by atoms with E-state index >= 15 is 0 Å². The third kappa shape index (κ3) is 5.13. The number of ether oxygens (including phenoxy) is 1. The number of hydrogen-bond donors (Lipinski definition) is 4. The first-order valence-corrected chi connectivity index (χ1v) is 11.0. The number of aryl methyl sites for hydroxylation is 1. The number of aromatic nitrogens is 1. The summed E-state index contributed by atoms with van der Waals surface area (Å²) in [5.74, 6) is -1.09. The number of hydrogen-bond acceptors (Lipinski definition) is 6. The number of pyridine rings is 1. The second kappa shape index (κ2) is 9.97. The van der Waals surface area contributed by atoms with Gasteiger partial charge in [-0.05, 0) is 62.6 Å². The molecule has 1 aromatic heterocycles. The number of aliphatic hydroxyl groups is 1. The van der Waals surface area contributed by atoms with Crippen molar-refractivity contribution < 1.29 is 24.6 Å². The minimum absolute atomic E-state index is 0.363. The second-order valence-electron chi connectivity index (χ2n) is 8.33. The molecule has 1 heterocycles. The van der Waals surface area contributed by atoms with E-state index in [2.05, 4.69) is 10.3 Å². The van der Waals surface area contributed by atoms with Crippen molar-refractivity contribution in [1.82, 2.24) is 15.8 Å². The number of benzene rings is 2. The van der Waals surface area contributed by atoms with Gasteiger partial charge in [-0.2, -0.15) is 0 Å². The van der Waals surface area contributed by atoms with Crippen LogP contribution in [0.5, 0.6) is 5.75 Å². The molecule has 0 aliphatic heterocycles. The highest BCUT2D eigenvalue weighted by Gasteiger charge is 2.37. The molecule has 3 atom stereocenters. The van der Waals surface area contributed by atoms with Crippen LogP contribution in [-0.4, -0.2) is 39.3 Å². The van der Waals surface area contributed by atoms with Crippen LogP contribution in [0.25, 0.3) is 10.9 Å². The largest absolute Gasteiger partial charge is 0.489 e. The van der Waals surface area contributed by atoms with Gasteiger partial charge < -0.3 is 15.2 Å². The number of nitrogens with one attached hydrogen (secondary N) is 2. The van der Waals surface area contributed by atoms with E-state index in [1.54, 1.807) is 29.7 Å². The first kappa shape index (κ1) is 22.7. The highest BCUT2D eigenvalue weighted by atomic mass is 16.5. The predicted molar refractivity (Wildman–Crippen MR) is 122 cm³/mol. The maximum absolute atomic E-state index is 12.7. The molecule has 0 radical (unpaired) electrons. The van der Waals surface area contributed by atoms with Gasteiger partial charge in [0.05, 0.1) is 23.6 Å². The summed E-state index contributed by atoms with van der Waals surface area (Å²) in [6.07, 6.45) is 0.746. The van der Waals surface area contributed by atoms with Gasteiger partial charge in [-0.3, -0.25) is 19.8 Å². The number of rotatable bonds is 6. The molecule has 2 aromatic carbocycles. The number of carbonyl (C=O) groups is 2. The summed E-state index contributed by atoms with van der Waals surface area (Å²) in [7, 11) is 0. The zero-order valence-corrected chi connectivity index (χ0v) is 18.3. The van der Waals surface area contributed by atoms with E-state index in [4.69, 9.17) is 9.94 Å². The Morgan fingerprint density at radius 1 is 1.12 bits per heavy atom. The normalized spacial score (nSPS) is 20.3. The average molecular weight is 450 g/mol. The van der Waals surface area contributed by atoms with Crippen LogP contribution in [0.4, 0.5) is 0 Å². The minimum Gasteiger partial charge on any atom is -0.489 e. The molecule has 4 N–H and O–H groups in total. The fraction of sp³-hybridized carbons (Fsp3) is 0.320. The van der Waals surface area contributed by atoms with Crippen LogP contribution in [-0.2, 0) is 11.4 Å². The van der Waals surface area contributed by atoms with Crippen LogP contribution in [0.2, 0.25) is 0 Å². The Hall–Kier alpha value is -3.49. The molecular formula is C25H27N3O5. The smallest absolute Gasteiger partial charge is 0.251 e. The van der Waals surface area contributed by atoms with Gasteiger partial charge in [0.25, 0.3) is 5.91 Å². The van der Waals surface area contributed by atoms with E-state index in [-0.39, 0.29) is 0 Å². The molecule has 4 rings (SSSR count). The third-order valence-electron chi connectivity index (χ3n) is 6.05. The van der Waals surface area contributed by atoms with Crippen molar-refractivity contribution in [3.8, 4) is 5.75 Å². The molecule has 3 unspecified atom stereocenters. The van der Waals surface area contributed by atoms with E-state index in [1.165, 1.54) is 0 Å². The van der Waals surface area contributed by atoms with Gasteiger partial charge in [-0.1, -0.05) is 18.2 Å². The summed E-state index contributed by atoms with van der Waals surface area (Å²) in [5.41, 5.74) is 4.87. The lowest BCUT2D eigenvalue weighted by molar-refractivity contribution is -0.137. The highest BCUT2D eigenvalue weighted by Crippen LogP contribution is 2.26. The number of nitrogens with zero attached hydrogens (tertiary/aromatic N) is 1. The molecule has 0 spiro atoms. The van der Waals surface area contributed by atoms with Crippen molar-refractivity contribution in [2.24, 2.45) is 5.92 Å². The summed E-state index contributed by atoms with van der Waals surface area (Å²) in [6, 6.07) is 15.8. The van der Waals surface area contributed by atoms with Crippen LogP contribution in [0.1, 0.15) is 40.9 Å². The number of para-hydroxylation sites is 1. The molecule has 1 aliphatic carbocycles. The van der Waals surface area contributed by atoms with Gasteiger partial charge in [0.2, 0.25) is 5.91 Å². The molecule has 0 bridgehead atoms. The SMILES string of the molecule is Cc1cc(COc2ccc(C(=O)NC3C(O)CCCC3C(=O)NO)cc2)c2ccccc2n1. The maximum Gasteiger partial charge on any atom is 0.251 e. The summed E-state index contributed by atoms with van der Waals surface area (Å²) < 4.78 is 5.94. The molecule has 33 heavy (non-hydrogen) atoms. The molecule has 1 fully saturated rings. The van der Waals surface area contributed by atoms with E-state index in [1.807, 2.05) is 37.3 Å². The molecule has 1 saturated carbocycles. The third-order valence-corrected chi connectivity index (χ3v) is 6.05. The summed E-state index contributed by atoms with van der Waals surface area (Å²) in [4.78, 5) is 29.2. The molecule has 2 amide bonds. The van der Waals surface area contributed by atoms with Gasteiger partial charge in [-0.15, -0.1) is 0 Å². The fourth-order valence-electron chi connectivity index (χ4n) is 4.36. The van der Waals surface area contributed by atoms with E-state index < -0.39 is 29.9 Å². The number of aliphatic hydroxyl groups excluding tert-OH is 1. The van der Waals surface area contributed by atoms with Crippen LogP contribution in [0.15, 0.2) is 54.6 Å². The number of fused-ring (bicyclic) bond motifs is 1. The zero-order chi connectivity index (χ0) is 23.4. The lowest BCUT2D eigenvalue weighted by Crippen LogP contribution is -2.54. The zero-order valence-electron chi connectivity index (χ0n) is 18.3. The molecule has 1 aliphatic rings. The highest BCUT2D eigenvalue weighted by molar-refractivity contribution is 5.95. The Bertz CT molecular complexity index is 1150. The van der Waals surface area contributed by atoms with E-state index in [0.29, 0.717) is 37.2 Å². The lowest BCUT2D eigenvalue weighted by atomic mass is 9.82. The number of hydroxylamine groups is 1. The number of amides is 2. The minimum atomic E-state index is -0.855. The second-order valence-corrected chi connectivity index (χ2v) is 8.33. The van der Waals surface area contributed by atoms with Crippen molar-refractivity contribution >= 4 is 22.7 Å². The molecule has 172 valence electrons. The Morgan fingerprint density at radius 2 is 1.88 bits per heavy atom. The fourth-order valence-corrected chi connectivity index (χ4v) is 4.36. The van der Waals surface area contributed by atoms with Crippen molar-refractivity contribution in [1.29, 1.82) is 0 Å². The van der Waals surface area contributed by atoms with Crippen molar-refractivity contribution in [2.75, 3.05) is 0 Å². The topological polar surface area (TPSA) is 121 Å². The molecule has 3 aromatic rings. The number of carbonyl (C=O) groups excluding carboxylic acids is 2. The Morgan fingerprint density at radius 3 is 2.64 bits per heavy atom. The van der Waals surface area contributed by atoms with Crippen LogP contribution in [0.3, 0.4) is 0 Å². The van der Waals surface area contributed by atoms with E-state index in [0.717, 1.165) is 22.2 Å². The Labute approximate surface area is 191 Å². The Kier molecular flexibility index (Phi) is 6.86. The van der Waals surface area contributed by atoms with Gasteiger partial charge in [0, 0.05) is 22.2 Å². The van der Waals surface area contributed by atoms with E-state index in [9.17, 15) is 14.7 Å². The summed E-state index contributed by atoms with van der Waals surface area (Å²) >= 11 is 0. The van der Waals surface area contributed by atoms with Crippen molar-refractivity contribution in [3.05, 3.63) is 71.4 Å². The molecule has 0 saturated heterocycles. The molecule has 8 nitrogen and oxygen atoms in total. The monoisotopic (exact) mass is 449 g/mol. The molecular weight excluding hydrogens is 422 g/mol. The van der Waals surface area contributed by atoms with Crippen LogP contribution >= 0.6 is 0 Å². The van der Waals surface area contributed by atoms with Gasteiger partial charge >= 0.3 is 0 Å². The van der Waals surface area contributed by atoms with Gasteiger partial charge in [0.1, 0.15) is 12.4 Å². The Balaban J connectivity index is 1.42. The first-order chi connectivity index (χ1) is 16.0. The maximum atomic E-state index is 12.7. The van der Waals surface area contributed by atoms with Crippen molar-refractivity contribution in [3.63, 3.8) is 0 Å². The van der Waals surface area contributed by atoms with Gasteiger partial charge in [0.15, 0.2) is 0 Å². The standard InChI is InChI=1S/C25H27N3O5/c1-15-13-17(19-5-2-3-7-21(19)26-15)14-33-18-11-9-16(10-12-18)24(30)27-23-20(25(31)28-32)6-4-8-22(23)29/h2-3,5,7,9-13,20,22-23,29,32H,4,6,8,14H2,1H3,(H,27,30)(H,28,31). The lowest BCUT2D eigenvalue weighted by Gasteiger charge is -2.34. The molecule has 8 heteroatoms. The predicted octanol–water partition coefficient (Wildman–Crippen LogP) is 2.89. The van der Waals surface area contributed by atoms with Gasteiger partial charge in [-0.25, -0.2) is 5.48 Å².